The SMILES string of the molecule is COc1ccc(-c2cn3c(C(=O)NCCc4ccc(OC)c(OC)c4)csc3n2)cc1. The maximum absolute atomic E-state index is 12.7. The van der Waals surface area contributed by atoms with E-state index in [0.717, 1.165) is 27.5 Å². The van der Waals surface area contributed by atoms with Gasteiger partial charge in [-0.1, -0.05) is 6.07 Å². The molecular formula is C23H23N3O4S. The highest BCUT2D eigenvalue weighted by atomic mass is 32.1. The number of hydrogen-bond donors (Lipinski definition) is 1. The van der Waals surface area contributed by atoms with Crippen LogP contribution in [0.25, 0.3) is 16.2 Å². The van der Waals surface area contributed by atoms with Crippen molar-refractivity contribution in [2.24, 2.45) is 0 Å². The van der Waals surface area contributed by atoms with Crippen LogP contribution in [0, 0.1) is 0 Å². The minimum atomic E-state index is -0.134. The molecule has 8 heteroatoms. The van der Waals surface area contributed by atoms with Crippen molar-refractivity contribution in [2.75, 3.05) is 27.9 Å². The molecule has 0 aliphatic carbocycles. The van der Waals surface area contributed by atoms with Crippen LogP contribution in [-0.4, -0.2) is 43.2 Å². The number of ether oxygens (including phenoxy) is 3. The fourth-order valence-electron chi connectivity index (χ4n) is 3.30. The fourth-order valence-corrected chi connectivity index (χ4v) is 4.15. The summed E-state index contributed by atoms with van der Waals surface area (Å²) in [5, 5.41) is 4.81. The Balaban J connectivity index is 1.44. The van der Waals surface area contributed by atoms with E-state index in [1.54, 1.807) is 21.3 Å². The standard InChI is InChI=1S/C23H23N3O4S/c1-28-17-7-5-16(6-8-17)18-13-26-19(14-31-23(26)25-18)22(27)24-11-10-15-4-9-20(29-2)21(12-15)30-3/h4-9,12-14H,10-11H2,1-3H3,(H,24,27). The molecule has 0 aliphatic rings. The predicted octanol–water partition coefficient (Wildman–Crippen LogP) is 4.06. The Kier molecular flexibility index (Phi) is 6.08. The minimum Gasteiger partial charge on any atom is -0.497 e. The molecule has 2 aromatic carbocycles. The molecule has 7 nitrogen and oxygen atoms in total. The number of imidazole rings is 1. The van der Waals surface area contributed by atoms with Crippen molar-refractivity contribution in [2.45, 2.75) is 6.42 Å². The van der Waals surface area contributed by atoms with Gasteiger partial charge >= 0.3 is 0 Å². The third-order valence-electron chi connectivity index (χ3n) is 4.97. The Hall–Kier alpha value is -3.52. The molecule has 1 amide bonds. The molecule has 1 N–H and O–H groups in total. The Bertz CT molecular complexity index is 1200. The van der Waals surface area contributed by atoms with Gasteiger partial charge in [-0.15, -0.1) is 11.3 Å². The molecule has 2 aromatic heterocycles. The van der Waals surface area contributed by atoms with Crippen LogP contribution >= 0.6 is 11.3 Å². The number of rotatable bonds is 8. The topological polar surface area (TPSA) is 74.1 Å². The third-order valence-corrected chi connectivity index (χ3v) is 5.81. The summed E-state index contributed by atoms with van der Waals surface area (Å²) in [5.74, 6) is 2.02. The first-order chi connectivity index (χ1) is 15.1. The van der Waals surface area contributed by atoms with E-state index in [1.165, 1.54) is 11.3 Å². The normalized spacial score (nSPS) is 10.8. The molecule has 0 atom stereocenters. The first-order valence-corrected chi connectivity index (χ1v) is 10.6. The average Bonchev–Trinajstić information content (AvgIpc) is 3.40. The Morgan fingerprint density at radius 3 is 2.52 bits per heavy atom. The Morgan fingerprint density at radius 1 is 1.03 bits per heavy atom. The number of amides is 1. The first kappa shape index (κ1) is 20.7. The number of aromatic nitrogens is 2. The molecule has 0 bridgehead atoms. The van der Waals surface area contributed by atoms with Gasteiger partial charge in [0.2, 0.25) is 0 Å². The Morgan fingerprint density at radius 2 is 1.81 bits per heavy atom. The number of hydrogen-bond acceptors (Lipinski definition) is 6. The zero-order chi connectivity index (χ0) is 21.8. The number of benzene rings is 2. The van der Waals surface area contributed by atoms with Gasteiger partial charge in [-0.05, 0) is 48.4 Å². The molecule has 160 valence electrons. The van der Waals surface area contributed by atoms with E-state index in [2.05, 4.69) is 10.3 Å². The van der Waals surface area contributed by atoms with Gasteiger partial charge in [0.25, 0.3) is 5.91 Å². The summed E-state index contributed by atoms with van der Waals surface area (Å²) in [7, 11) is 4.85. The summed E-state index contributed by atoms with van der Waals surface area (Å²) in [5.41, 5.74) is 3.41. The van der Waals surface area contributed by atoms with Crippen molar-refractivity contribution < 1.29 is 19.0 Å². The van der Waals surface area contributed by atoms with Crippen LogP contribution in [0.3, 0.4) is 0 Å². The van der Waals surface area contributed by atoms with Crippen LogP contribution < -0.4 is 19.5 Å². The van der Waals surface area contributed by atoms with Crippen molar-refractivity contribution in [3.05, 3.63) is 65.3 Å². The molecule has 2 heterocycles. The van der Waals surface area contributed by atoms with Crippen LogP contribution in [0.15, 0.2) is 54.0 Å². The van der Waals surface area contributed by atoms with Gasteiger partial charge in [0.15, 0.2) is 16.5 Å². The maximum atomic E-state index is 12.7. The highest BCUT2D eigenvalue weighted by molar-refractivity contribution is 7.15. The summed E-state index contributed by atoms with van der Waals surface area (Å²) in [6.07, 6.45) is 2.57. The van der Waals surface area contributed by atoms with Crippen LogP contribution in [0.4, 0.5) is 0 Å². The number of thiazole rings is 1. The molecular weight excluding hydrogens is 414 g/mol. The second-order valence-corrected chi connectivity index (χ2v) is 7.66. The first-order valence-electron chi connectivity index (χ1n) is 9.73. The molecule has 4 aromatic rings. The van der Waals surface area contributed by atoms with Crippen molar-refractivity contribution in [1.29, 1.82) is 0 Å². The van der Waals surface area contributed by atoms with Crippen molar-refractivity contribution >= 4 is 22.2 Å². The number of nitrogens with zero attached hydrogens (tertiary/aromatic N) is 2. The smallest absolute Gasteiger partial charge is 0.269 e. The molecule has 0 saturated carbocycles. The predicted molar refractivity (Wildman–Crippen MR) is 121 cm³/mol. The largest absolute Gasteiger partial charge is 0.497 e. The molecule has 0 saturated heterocycles. The number of nitrogens with one attached hydrogen (secondary N) is 1. The van der Waals surface area contributed by atoms with Gasteiger partial charge in [0.05, 0.1) is 27.0 Å². The van der Waals surface area contributed by atoms with E-state index in [4.69, 9.17) is 14.2 Å². The molecule has 0 unspecified atom stereocenters. The highest BCUT2D eigenvalue weighted by Crippen LogP contribution is 2.28. The lowest BCUT2D eigenvalue weighted by Gasteiger charge is -2.10. The van der Waals surface area contributed by atoms with E-state index in [1.807, 2.05) is 58.4 Å². The summed E-state index contributed by atoms with van der Waals surface area (Å²) < 4.78 is 17.6. The zero-order valence-corrected chi connectivity index (χ0v) is 18.4. The lowest BCUT2D eigenvalue weighted by molar-refractivity contribution is 0.0948. The fraction of sp³-hybridized carbons (Fsp3) is 0.217. The lowest BCUT2D eigenvalue weighted by atomic mass is 10.1. The number of fused-ring (bicyclic) bond motifs is 1. The number of carbonyl (C=O) groups excluding carboxylic acids is 1. The van der Waals surface area contributed by atoms with E-state index < -0.39 is 0 Å². The quantitative estimate of drug-likeness (QED) is 0.450. The number of carbonyl (C=O) groups is 1. The van der Waals surface area contributed by atoms with Gasteiger partial charge in [0, 0.05) is 23.7 Å². The van der Waals surface area contributed by atoms with E-state index in [0.29, 0.717) is 30.2 Å². The second-order valence-electron chi connectivity index (χ2n) is 6.82. The van der Waals surface area contributed by atoms with Gasteiger partial charge in [-0.25, -0.2) is 4.98 Å². The second kappa shape index (κ2) is 9.09. The summed E-state index contributed by atoms with van der Waals surface area (Å²) in [6.45, 7) is 0.506. The monoisotopic (exact) mass is 437 g/mol. The molecule has 31 heavy (non-hydrogen) atoms. The summed E-state index contributed by atoms with van der Waals surface area (Å²) in [4.78, 5) is 18.2. The molecule has 0 aliphatic heterocycles. The lowest BCUT2D eigenvalue weighted by Crippen LogP contribution is -2.26. The summed E-state index contributed by atoms with van der Waals surface area (Å²) in [6, 6.07) is 13.4. The van der Waals surface area contributed by atoms with Crippen molar-refractivity contribution in [3.8, 4) is 28.5 Å². The Labute approximate surface area is 184 Å². The maximum Gasteiger partial charge on any atom is 0.269 e. The average molecular weight is 438 g/mol. The van der Waals surface area contributed by atoms with Gasteiger partial charge < -0.3 is 19.5 Å². The highest BCUT2D eigenvalue weighted by Gasteiger charge is 2.15. The van der Waals surface area contributed by atoms with Crippen LogP contribution in [-0.2, 0) is 6.42 Å². The zero-order valence-electron chi connectivity index (χ0n) is 17.5. The van der Waals surface area contributed by atoms with E-state index in [-0.39, 0.29) is 5.91 Å². The molecule has 0 spiro atoms. The van der Waals surface area contributed by atoms with E-state index in [9.17, 15) is 4.79 Å². The molecule has 4 rings (SSSR count). The van der Waals surface area contributed by atoms with Crippen molar-refractivity contribution in [3.63, 3.8) is 0 Å². The molecule has 0 fully saturated rings. The van der Waals surface area contributed by atoms with Crippen LogP contribution in [0.2, 0.25) is 0 Å². The molecule has 0 radical (unpaired) electrons. The van der Waals surface area contributed by atoms with Gasteiger partial charge in [-0.2, -0.15) is 0 Å². The third kappa shape index (κ3) is 4.34. The summed E-state index contributed by atoms with van der Waals surface area (Å²) >= 11 is 1.44. The van der Waals surface area contributed by atoms with Gasteiger partial charge in [-0.3, -0.25) is 9.20 Å². The van der Waals surface area contributed by atoms with Crippen LogP contribution in [0.1, 0.15) is 16.1 Å². The minimum absolute atomic E-state index is 0.134. The number of methoxy groups -OCH3 is 3. The van der Waals surface area contributed by atoms with E-state index >= 15 is 0 Å². The van der Waals surface area contributed by atoms with Crippen molar-refractivity contribution in [1.82, 2.24) is 14.7 Å². The van der Waals surface area contributed by atoms with Gasteiger partial charge in [0.1, 0.15) is 11.4 Å². The van der Waals surface area contributed by atoms with Crippen LogP contribution in [0.5, 0.6) is 17.2 Å².